The summed E-state index contributed by atoms with van der Waals surface area (Å²) in [6.45, 7) is 0. The zero-order valence-electron chi connectivity index (χ0n) is 12.8. The van der Waals surface area contributed by atoms with E-state index in [1.54, 1.807) is 6.08 Å². The van der Waals surface area contributed by atoms with Gasteiger partial charge in [0.1, 0.15) is 11.3 Å². The molecule has 0 spiro atoms. The van der Waals surface area contributed by atoms with Crippen molar-refractivity contribution in [3.63, 3.8) is 0 Å². The molecule has 0 unspecified atom stereocenters. The van der Waals surface area contributed by atoms with Crippen LogP contribution in [0.2, 0.25) is 0 Å². The second kappa shape index (κ2) is 5.94. The third kappa shape index (κ3) is 2.62. The number of rotatable bonds is 3. The van der Waals surface area contributed by atoms with E-state index in [2.05, 4.69) is 6.07 Å². The molecule has 114 valence electrons. The zero-order valence-corrected chi connectivity index (χ0v) is 12.8. The van der Waals surface area contributed by atoms with Crippen LogP contribution in [-0.4, -0.2) is 0 Å². The fraction of sp³-hybridized carbons (Fsp3) is 0. The molecule has 0 aliphatic heterocycles. The van der Waals surface area contributed by atoms with Gasteiger partial charge in [-0.15, -0.1) is 0 Å². The molecule has 4 rings (SSSR count). The van der Waals surface area contributed by atoms with Crippen molar-refractivity contribution >= 4 is 22.6 Å². The van der Waals surface area contributed by atoms with Crippen LogP contribution in [0, 0.1) is 11.3 Å². The van der Waals surface area contributed by atoms with Gasteiger partial charge in [-0.1, -0.05) is 48.5 Å². The van der Waals surface area contributed by atoms with Crippen molar-refractivity contribution in [1.29, 1.82) is 5.26 Å². The van der Waals surface area contributed by atoms with Crippen molar-refractivity contribution in [3.05, 3.63) is 84.1 Å². The summed E-state index contributed by atoms with van der Waals surface area (Å²) >= 11 is 0. The van der Waals surface area contributed by atoms with E-state index in [1.807, 2.05) is 72.8 Å². The first-order valence-electron chi connectivity index (χ1n) is 7.59. The Bertz CT molecular complexity index is 1030. The summed E-state index contributed by atoms with van der Waals surface area (Å²) in [7, 11) is 0. The minimum atomic E-state index is 0.557. The summed E-state index contributed by atoms with van der Waals surface area (Å²) in [4.78, 5) is 0. The van der Waals surface area contributed by atoms with Gasteiger partial charge >= 0.3 is 0 Å². The molecule has 24 heavy (non-hydrogen) atoms. The minimum absolute atomic E-state index is 0.557. The monoisotopic (exact) mass is 311 g/mol. The number of allylic oxidation sites excluding steroid dienone is 1. The van der Waals surface area contributed by atoms with Gasteiger partial charge < -0.3 is 8.83 Å². The maximum absolute atomic E-state index is 9.38. The Hall–Kier alpha value is -3.51. The topological polar surface area (TPSA) is 50.1 Å². The fourth-order valence-corrected chi connectivity index (χ4v) is 2.61. The maximum atomic E-state index is 9.38. The van der Waals surface area contributed by atoms with Crippen molar-refractivity contribution in [1.82, 2.24) is 0 Å². The molecule has 3 heteroatoms. The normalized spacial score (nSPS) is 11.5. The minimum Gasteiger partial charge on any atom is -0.453 e. The van der Waals surface area contributed by atoms with Crippen LogP contribution in [0.3, 0.4) is 0 Å². The molecular formula is C21H13NO2. The number of hydrogen-bond acceptors (Lipinski definition) is 3. The molecule has 2 heterocycles. The number of nitrogens with zero attached hydrogens (tertiary/aromatic N) is 1. The van der Waals surface area contributed by atoms with Crippen molar-refractivity contribution in [2.45, 2.75) is 0 Å². The molecule has 0 N–H and O–H groups in total. The van der Waals surface area contributed by atoms with Gasteiger partial charge in [-0.2, -0.15) is 5.26 Å². The van der Waals surface area contributed by atoms with Crippen LogP contribution in [0.5, 0.6) is 0 Å². The van der Waals surface area contributed by atoms with E-state index in [0.717, 1.165) is 16.5 Å². The van der Waals surface area contributed by atoms with Crippen LogP contribution in [0.4, 0.5) is 0 Å². The summed E-state index contributed by atoms with van der Waals surface area (Å²) in [5.74, 6) is 1.93. The van der Waals surface area contributed by atoms with Crippen LogP contribution in [0.1, 0.15) is 11.3 Å². The predicted octanol–water partition coefficient (Wildman–Crippen LogP) is 5.76. The fourth-order valence-electron chi connectivity index (χ4n) is 2.61. The molecule has 0 amide bonds. The predicted molar refractivity (Wildman–Crippen MR) is 93.8 cm³/mol. The lowest BCUT2D eigenvalue weighted by molar-refractivity contribution is 0.536. The summed E-state index contributed by atoms with van der Waals surface area (Å²) in [6.07, 6.45) is 1.74. The molecule has 0 fully saturated rings. The zero-order chi connectivity index (χ0) is 16.4. The smallest absolute Gasteiger partial charge is 0.170 e. The van der Waals surface area contributed by atoms with Crippen LogP contribution in [-0.2, 0) is 0 Å². The highest BCUT2D eigenvalue weighted by atomic mass is 16.4. The Morgan fingerprint density at radius 1 is 0.833 bits per heavy atom. The van der Waals surface area contributed by atoms with Crippen molar-refractivity contribution in [2.24, 2.45) is 0 Å². The van der Waals surface area contributed by atoms with E-state index in [-0.39, 0.29) is 0 Å². The first-order chi connectivity index (χ1) is 11.8. The lowest BCUT2D eigenvalue weighted by atomic mass is 10.1. The van der Waals surface area contributed by atoms with Crippen molar-refractivity contribution < 1.29 is 8.83 Å². The second-order valence-corrected chi connectivity index (χ2v) is 5.39. The Morgan fingerprint density at radius 3 is 2.42 bits per heavy atom. The number of nitriles is 1. The lowest BCUT2D eigenvalue weighted by Crippen LogP contribution is -1.79. The van der Waals surface area contributed by atoms with Gasteiger partial charge in [0, 0.05) is 5.39 Å². The number of benzene rings is 2. The van der Waals surface area contributed by atoms with E-state index in [0.29, 0.717) is 22.9 Å². The molecule has 3 nitrogen and oxygen atoms in total. The summed E-state index contributed by atoms with van der Waals surface area (Å²) < 4.78 is 11.6. The van der Waals surface area contributed by atoms with Crippen LogP contribution >= 0.6 is 0 Å². The molecule has 2 aromatic carbocycles. The Kier molecular flexibility index (Phi) is 3.49. The van der Waals surface area contributed by atoms with Gasteiger partial charge in [0.2, 0.25) is 0 Å². The number of furan rings is 2. The average molecular weight is 311 g/mol. The van der Waals surface area contributed by atoms with Gasteiger partial charge in [0.05, 0.1) is 11.6 Å². The average Bonchev–Trinajstić information content (AvgIpc) is 3.27. The van der Waals surface area contributed by atoms with E-state index in [9.17, 15) is 5.26 Å². The second-order valence-electron chi connectivity index (χ2n) is 5.39. The number of hydrogen-bond donors (Lipinski definition) is 0. The highest BCUT2D eigenvalue weighted by molar-refractivity contribution is 5.89. The molecular weight excluding hydrogens is 298 g/mol. The van der Waals surface area contributed by atoms with Gasteiger partial charge in [0.25, 0.3) is 0 Å². The Balaban J connectivity index is 1.69. The van der Waals surface area contributed by atoms with Gasteiger partial charge in [-0.05, 0) is 35.9 Å². The lowest BCUT2D eigenvalue weighted by Gasteiger charge is -1.97. The van der Waals surface area contributed by atoms with Crippen LogP contribution in [0.25, 0.3) is 34.1 Å². The van der Waals surface area contributed by atoms with E-state index >= 15 is 0 Å². The first-order valence-corrected chi connectivity index (χ1v) is 7.59. The molecule has 0 radical (unpaired) electrons. The quantitative estimate of drug-likeness (QED) is 0.452. The van der Waals surface area contributed by atoms with E-state index < -0.39 is 0 Å². The first kappa shape index (κ1) is 14.1. The van der Waals surface area contributed by atoms with Gasteiger partial charge in [-0.3, -0.25) is 0 Å². The molecule has 0 bridgehead atoms. The molecule has 0 saturated carbocycles. The highest BCUT2D eigenvalue weighted by Gasteiger charge is 2.10. The molecule has 2 aromatic heterocycles. The Morgan fingerprint density at radius 2 is 1.62 bits per heavy atom. The molecule has 0 aliphatic rings. The standard InChI is InChI=1S/C21H13NO2/c22-14-17(15-6-2-1-3-7-15)12-18-10-11-20(23-18)21-13-16-8-4-5-9-19(16)24-21/h1-13H/b17-12+. The van der Waals surface area contributed by atoms with Gasteiger partial charge in [-0.25, -0.2) is 0 Å². The van der Waals surface area contributed by atoms with E-state index in [1.165, 1.54) is 0 Å². The number of fused-ring (bicyclic) bond motifs is 1. The number of para-hydroxylation sites is 1. The summed E-state index contributed by atoms with van der Waals surface area (Å²) in [6, 6.07) is 25.2. The Labute approximate surface area is 139 Å². The summed E-state index contributed by atoms with van der Waals surface area (Å²) in [5.41, 5.74) is 2.24. The maximum Gasteiger partial charge on any atom is 0.170 e. The third-order valence-electron chi connectivity index (χ3n) is 3.79. The van der Waals surface area contributed by atoms with Crippen LogP contribution in [0.15, 0.2) is 81.6 Å². The van der Waals surface area contributed by atoms with Crippen molar-refractivity contribution in [3.8, 4) is 17.6 Å². The van der Waals surface area contributed by atoms with Gasteiger partial charge in [0.15, 0.2) is 11.5 Å². The summed E-state index contributed by atoms with van der Waals surface area (Å²) in [5, 5.41) is 10.4. The largest absolute Gasteiger partial charge is 0.453 e. The van der Waals surface area contributed by atoms with E-state index in [4.69, 9.17) is 8.83 Å². The molecule has 0 atom stereocenters. The highest BCUT2D eigenvalue weighted by Crippen LogP contribution is 2.30. The van der Waals surface area contributed by atoms with Crippen LogP contribution < -0.4 is 0 Å². The van der Waals surface area contributed by atoms with Crippen molar-refractivity contribution in [2.75, 3.05) is 0 Å². The molecule has 0 saturated heterocycles. The third-order valence-corrected chi connectivity index (χ3v) is 3.79. The molecule has 4 aromatic rings. The SMILES string of the molecule is N#C/C(=C\c1ccc(-c2cc3ccccc3o2)o1)c1ccccc1. The molecule has 0 aliphatic carbocycles.